The zero-order chi connectivity index (χ0) is 11.6. The minimum Gasteiger partial charge on any atom is -0.427 e. The molecule has 0 aliphatic heterocycles. The summed E-state index contributed by atoms with van der Waals surface area (Å²) in [5.41, 5.74) is -1.22. The van der Waals surface area contributed by atoms with Crippen LogP contribution in [0.25, 0.3) is 0 Å². The molecule has 8 heteroatoms. The van der Waals surface area contributed by atoms with E-state index in [0.717, 1.165) is 6.92 Å². The van der Waals surface area contributed by atoms with E-state index < -0.39 is 31.5 Å². The van der Waals surface area contributed by atoms with E-state index in [0.29, 0.717) is 0 Å². The van der Waals surface area contributed by atoms with Crippen molar-refractivity contribution >= 4 is 19.8 Å². The zero-order valence-corrected chi connectivity index (χ0v) is 11.7. The van der Waals surface area contributed by atoms with Gasteiger partial charge in [0.05, 0.1) is 5.54 Å². The van der Waals surface area contributed by atoms with Crippen molar-refractivity contribution in [1.82, 2.24) is 0 Å². The molecule has 0 spiro atoms. The quantitative estimate of drug-likeness (QED) is 0.675. The van der Waals surface area contributed by atoms with Crippen molar-refractivity contribution in [3.63, 3.8) is 0 Å². The summed E-state index contributed by atoms with van der Waals surface area (Å²) in [6.45, 7) is 1.15. The monoisotopic (exact) mass is 250 g/mol. The van der Waals surface area contributed by atoms with Gasteiger partial charge in [0.15, 0.2) is 9.76 Å². The molecule has 1 atom stereocenters. The van der Waals surface area contributed by atoms with Gasteiger partial charge < -0.3 is 13.3 Å². The number of hydrogen-bond donors (Lipinski definition) is 0. The minimum atomic E-state index is -4.05. The van der Waals surface area contributed by atoms with Gasteiger partial charge in [-0.05, 0) is 0 Å². The summed E-state index contributed by atoms with van der Waals surface area (Å²) >= 11 is 0. The smallest absolute Gasteiger partial charge is 0.390 e. The normalized spacial score (nSPS) is 13.9. The lowest BCUT2D eigenvalue weighted by Gasteiger charge is -2.12. The van der Waals surface area contributed by atoms with E-state index in [1.807, 2.05) is 0 Å². The van der Waals surface area contributed by atoms with Gasteiger partial charge in [-0.2, -0.15) is 13.2 Å². The van der Waals surface area contributed by atoms with E-state index in [1.165, 1.54) is 7.11 Å². The Morgan fingerprint density at radius 1 is 1.00 bits per heavy atom. The second kappa shape index (κ2) is 9.65. The highest BCUT2D eigenvalue weighted by atomic mass is 28.3. The van der Waals surface area contributed by atoms with E-state index >= 15 is 0 Å². The summed E-state index contributed by atoms with van der Waals surface area (Å²) < 4.78 is 48.4. The minimum absolute atomic E-state index is 0.568. The van der Waals surface area contributed by atoms with E-state index in [4.69, 9.17) is 0 Å². The molecule has 0 N–H and O–H groups in total. The molecule has 0 amide bonds. The van der Waals surface area contributed by atoms with Gasteiger partial charge in [0.25, 0.3) is 0 Å². The maximum atomic E-state index is 11.6. The van der Waals surface area contributed by atoms with Crippen LogP contribution in [0.4, 0.5) is 13.2 Å². The highest BCUT2D eigenvalue weighted by Gasteiger charge is 2.35. The second-order valence-corrected chi connectivity index (χ2v) is 6.12. The fourth-order valence-corrected chi connectivity index (χ4v) is 1.39. The Bertz CT molecular complexity index is 121. The molecule has 0 aliphatic carbocycles. The Labute approximate surface area is 86.9 Å². The summed E-state index contributed by atoms with van der Waals surface area (Å²) in [7, 11) is 2.66. The lowest BCUT2D eigenvalue weighted by Crippen LogP contribution is -2.20. The SMILES string of the molecule is CO[SiH2]C(C)C(F)(F)F.CO[SiH2]OC. The van der Waals surface area contributed by atoms with Gasteiger partial charge in [-0.1, -0.05) is 6.92 Å². The third kappa shape index (κ3) is 12.1. The van der Waals surface area contributed by atoms with Gasteiger partial charge in [-0.25, -0.2) is 0 Å². The average molecular weight is 250 g/mol. The lowest BCUT2D eigenvalue weighted by atomic mass is 10.5. The van der Waals surface area contributed by atoms with Crippen molar-refractivity contribution in [3.8, 4) is 0 Å². The van der Waals surface area contributed by atoms with Crippen molar-refractivity contribution in [3.05, 3.63) is 0 Å². The largest absolute Gasteiger partial charge is 0.427 e. The van der Waals surface area contributed by atoms with Crippen LogP contribution < -0.4 is 0 Å². The van der Waals surface area contributed by atoms with Gasteiger partial charge in [-0.3, -0.25) is 0 Å². The van der Waals surface area contributed by atoms with Crippen LogP contribution in [0.15, 0.2) is 0 Å². The summed E-state index contributed by atoms with van der Waals surface area (Å²) in [5.74, 6) is 0. The van der Waals surface area contributed by atoms with Crippen LogP contribution in [0.2, 0.25) is 5.54 Å². The molecule has 0 heterocycles. The number of hydrogen-bond acceptors (Lipinski definition) is 3. The predicted molar refractivity (Wildman–Crippen MR) is 53.6 cm³/mol. The van der Waals surface area contributed by atoms with E-state index in [1.54, 1.807) is 14.2 Å². The molecule has 0 aromatic rings. The average Bonchev–Trinajstić information content (AvgIpc) is 2.05. The third-order valence-corrected chi connectivity index (χ3v) is 2.98. The van der Waals surface area contributed by atoms with Gasteiger partial charge in [0.2, 0.25) is 0 Å². The topological polar surface area (TPSA) is 27.7 Å². The lowest BCUT2D eigenvalue weighted by molar-refractivity contribution is -0.131. The van der Waals surface area contributed by atoms with Crippen molar-refractivity contribution in [2.75, 3.05) is 21.3 Å². The van der Waals surface area contributed by atoms with Crippen molar-refractivity contribution < 1.29 is 26.4 Å². The summed E-state index contributed by atoms with van der Waals surface area (Å²) in [6, 6.07) is 0. The molecule has 0 fully saturated rings. The molecule has 0 bridgehead atoms. The molecule has 3 nitrogen and oxygen atoms in total. The van der Waals surface area contributed by atoms with Crippen molar-refractivity contribution in [2.45, 2.75) is 18.6 Å². The molecule has 0 rings (SSSR count). The first kappa shape index (κ1) is 16.5. The molecule has 0 saturated heterocycles. The molecule has 0 aromatic heterocycles. The van der Waals surface area contributed by atoms with Crippen LogP contribution in [0.3, 0.4) is 0 Å². The molecule has 0 radical (unpaired) electrons. The summed E-state index contributed by atoms with van der Waals surface area (Å²) in [6.07, 6.45) is -4.05. The third-order valence-electron chi connectivity index (χ3n) is 1.21. The summed E-state index contributed by atoms with van der Waals surface area (Å²) in [4.78, 5) is 0. The molecular weight excluding hydrogens is 233 g/mol. The van der Waals surface area contributed by atoms with Crippen LogP contribution in [-0.4, -0.2) is 47.3 Å². The highest BCUT2D eigenvalue weighted by Crippen LogP contribution is 2.29. The summed E-state index contributed by atoms with van der Waals surface area (Å²) in [5, 5.41) is 0. The van der Waals surface area contributed by atoms with Gasteiger partial charge in [0, 0.05) is 21.3 Å². The molecule has 0 saturated carbocycles. The van der Waals surface area contributed by atoms with Crippen LogP contribution in [0.5, 0.6) is 0 Å². The van der Waals surface area contributed by atoms with Gasteiger partial charge in [-0.15, -0.1) is 0 Å². The Hall–Kier alpha value is 0.104. The predicted octanol–water partition coefficient (Wildman–Crippen LogP) is 0.365. The Kier molecular flexibility index (Phi) is 11.4. The van der Waals surface area contributed by atoms with E-state index in [9.17, 15) is 13.2 Å². The number of halogens is 3. The molecule has 88 valence electrons. The molecule has 0 aliphatic rings. The Morgan fingerprint density at radius 2 is 1.43 bits per heavy atom. The van der Waals surface area contributed by atoms with Gasteiger partial charge >= 0.3 is 16.2 Å². The first-order valence-corrected chi connectivity index (χ1v) is 6.48. The Balaban J connectivity index is 0. The maximum Gasteiger partial charge on any atom is 0.390 e. The number of rotatable bonds is 4. The van der Waals surface area contributed by atoms with Crippen LogP contribution in [0, 0.1) is 0 Å². The number of alkyl halides is 3. The Morgan fingerprint density at radius 3 is 1.50 bits per heavy atom. The molecule has 1 unspecified atom stereocenters. The van der Waals surface area contributed by atoms with Crippen LogP contribution in [0.1, 0.15) is 6.92 Å². The van der Waals surface area contributed by atoms with Crippen molar-refractivity contribution in [2.24, 2.45) is 0 Å². The zero-order valence-electron chi connectivity index (χ0n) is 8.85. The fourth-order valence-electron chi connectivity index (χ4n) is 0.462. The van der Waals surface area contributed by atoms with E-state index in [-0.39, 0.29) is 0 Å². The van der Waals surface area contributed by atoms with Crippen LogP contribution >= 0.6 is 0 Å². The van der Waals surface area contributed by atoms with Crippen LogP contribution in [-0.2, 0) is 13.3 Å². The molecule has 14 heavy (non-hydrogen) atoms. The maximum absolute atomic E-state index is 11.6. The van der Waals surface area contributed by atoms with E-state index in [2.05, 4.69) is 13.3 Å². The molecular formula is C6H17F3O3Si2. The second-order valence-electron chi connectivity index (χ2n) is 2.59. The highest BCUT2D eigenvalue weighted by molar-refractivity contribution is 6.29. The molecule has 0 aromatic carbocycles. The van der Waals surface area contributed by atoms with Gasteiger partial charge in [0.1, 0.15) is 0 Å². The first-order valence-electron chi connectivity index (χ1n) is 3.93. The fraction of sp³-hybridized carbons (Fsp3) is 1.00. The standard InChI is InChI=1S/C4H9F3OSi.C2H8O2Si/c1-3(9-8-2)4(5,6)7;1-3-5-4-2/h3H,9H2,1-2H3;5H2,1-2H3. The first-order chi connectivity index (χ1) is 6.40. The van der Waals surface area contributed by atoms with Crippen molar-refractivity contribution in [1.29, 1.82) is 0 Å².